The number of carboxylic acid groups (broad SMARTS) is 1. The third kappa shape index (κ3) is 4.04. The van der Waals surface area contributed by atoms with E-state index in [2.05, 4.69) is 29.8 Å². The maximum Gasteiger partial charge on any atom is 0.339 e. The minimum absolute atomic E-state index is 0.208. The first-order valence-electron chi connectivity index (χ1n) is 5.74. The van der Waals surface area contributed by atoms with E-state index in [0.29, 0.717) is 18.3 Å². The van der Waals surface area contributed by atoms with Crippen LogP contribution in [0.2, 0.25) is 0 Å². The van der Waals surface area contributed by atoms with Crippen molar-refractivity contribution in [3.05, 3.63) is 28.2 Å². The Kier molecular flexibility index (Phi) is 5.48. The predicted molar refractivity (Wildman–Crippen MR) is 70.7 cm³/mol. The van der Waals surface area contributed by atoms with Crippen molar-refractivity contribution in [3.63, 3.8) is 0 Å². The van der Waals surface area contributed by atoms with Gasteiger partial charge in [-0.1, -0.05) is 42.6 Å². The SMILES string of the molecule is CCC(CC)COc1cc(Br)ccc1C(=O)O. The number of hydrogen-bond donors (Lipinski definition) is 1. The fraction of sp³-hybridized carbons (Fsp3) is 0.462. The molecule has 1 aromatic carbocycles. The van der Waals surface area contributed by atoms with Crippen LogP contribution in [0.3, 0.4) is 0 Å². The molecule has 17 heavy (non-hydrogen) atoms. The van der Waals surface area contributed by atoms with E-state index in [-0.39, 0.29) is 5.56 Å². The molecule has 0 aromatic heterocycles. The monoisotopic (exact) mass is 300 g/mol. The molecule has 0 amide bonds. The van der Waals surface area contributed by atoms with Crippen LogP contribution in [0.4, 0.5) is 0 Å². The molecular weight excluding hydrogens is 284 g/mol. The maximum atomic E-state index is 11.0. The van der Waals surface area contributed by atoms with Gasteiger partial charge in [-0.15, -0.1) is 0 Å². The quantitative estimate of drug-likeness (QED) is 0.865. The van der Waals surface area contributed by atoms with E-state index in [0.717, 1.165) is 17.3 Å². The molecule has 0 aliphatic rings. The summed E-state index contributed by atoms with van der Waals surface area (Å²) in [7, 11) is 0. The molecule has 4 heteroatoms. The molecule has 0 unspecified atom stereocenters. The van der Waals surface area contributed by atoms with E-state index >= 15 is 0 Å². The predicted octanol–water partition coefficient (Wildman–Crippen LogP) is 3.96. The number of benzene rings is 1. The molecule has 0 radical (unpaired) electrons. The molecular formula is C13H17BrO3. The standard InChI is InChI=1S/C13H17BrO3/c1-3-9(4-2)8-17-12-7-10(14)5-6-11(12)13(15)16/h5-7,9H,3-4,8H2,1-2H3,(H,15,16). The van der Waals surface area contributed by atoms with Gasteiger partial charge in [0.1, 0.15) is 11.3 Å². The Balaban J connectivity index is 2.81. The highest BCUT2D eigenvalue weighted by Gasteiger charge is 2.13. The summed E-state index contributed by atoms with van der Waals surface area (Å²) in [4.78, 5) is 11.0. The second-order valence-corrected chi connectivity index (χ2v) is 4.85. The highest BCUT2D eigenvalue weighted by molar-refractivity contribution is 9.10. The lowest BCUT2D eigenvalue weighted by Gasteiger charge is -2.15. The smallest absolute Gasteiger partial charge is 0.339 e. The van der Waals surface area contributed by atoms with E-state index in [4.69, 9.17) is 9.84 Å². The summed E-state index contributed by atoms with van der Waals surface area (Å²) >= 11 is 3.31. The van der Waals surface area contributed by atoms with E-state index < -0.39 is 5.97 Å². The van der Waals surface area contributed by atoms with Crippen molar-refractivity contribution in [1.29, 1.82) is 0 Å². The van der Waals surface area contributed by atoms with Gasteiger partial charge in [-0.25, -0.2) is 4.79 Å². The van der Waals surface area contributed by atoms with Crippen LogP contribution in [-0.2, 0) is 0 Å². The summed E-state index contributed by atoms with van der Waals surface area (Å²) in [5.41, 5.74) is 0.208. The third-order valence-corrected chi connectivity index (χ3v) is 3.30. The first kappa shape index (κ1) is 14.0. The first-order valence-corrected chi connectivity index (χ1v) is 6.53. The molecule has 94 valence electrons. The Morgan fingerprint density at radius 2 is 2.06 bits per heavy atom. The van der Waals surface area contributed by atoms with Crippen LogP contribution in [0.25, 0.3) is 0 Å². The van der Waals surface area contributed by atoms with Crippen LogP contribution in [0.1, 0.15) is 37.0 Å². The van der Waals surface area contributed by atoms with Crippen LogP contribution in [0, 0.1) is 5.92 Å². The summed E-state index contributed by atoms with van der Waals surface area (Å²) in [5, 5.41) is 9.04. The summed E-state index contributed by atoms with van der Waals surface area (Å²) in [5.74, 6) is -0.0635. The number of ether oxygens (including phenoxy) is 1. The Morgan fingerprint density at radius 1 is 1.41 bits per heavy atom. The zero-order chi connectivity index (χ0) is 12.8. The normalized spacial score (nSPS) is 10.6. The molecule has 0 fully saturated rings. The molecule has 0 aliphatic heterocycles. The third-order valence-electron chi connectivity index (χ3n) is 2.80. The Morgan fingerprint density at radius 3 is 2.59 bits per heavy atom. The second-order valence-electron chi connectivity index (χ2n) is 3.94. The van der Waals surface area contributed by atoms with Gasteiger partial charge in [-0.3, -0.25) is 0 Å². The Bertz CT molecular complexity index is 386. The van der Waals surface area contributed by atoms with Crippen molar-refractivity contribution in [3.8, 4) is 5.75 Å². The molecule has 0 aliphatic carbocycles. The molecule has 0 bridgehead atoms. The summed E-state index contributed by atoms with van der Waals surface area (Å²) in [6.45, 7) is 4.77. The lowest BCUT2D eigenvalue weighted by molar-refractivity contribution is 0.0691. The summed E-state index contributed by atoms with van der Waals surface area (Å²) in [6.07, 6.45) is 2.07. The molecule has 0 heterocycles. The number of hydrogen-bond acceptors (Lipinski definition) is 2. The van der Waals surface area contributed by atoms with Crippen LogP contribution < -0.4 is 4.74 Å². The van der Waals surface area contributed by atoms with Crippen molar-refractivity contribution in [1.82, 2.24) is 0 Å². The maximum absolute atomic E-state index is 11.0. The number of aromatic carboxylic acids is 1. The number of carboxylic acids is 1. The van der Waals surface area contributed by atoms with E-state index in [1.807, 2.05) is 0 Å². The van der Waals surface area contributed by atoms with Gasteiger partial charge in [0.2, 0.25) is 0 Å². The van der Waals surface area contributed by atoms with Gasteiger partial charge in [-0.2, -0.15) is 0 Å². The van der Waals surface area contributed by atoms with Crippen molar-refractivity contribution in [2.75, 3.05) is 6.61 Å². The lowest BCUT2D eigenvalue weighted by atomic mass is 10.1. The highest BCUT2D eigenvalue weighted by Crippen LogP contribution is 2.24. The van der Waals surface area contributed by atoms with Crippen molar-refractivity contribution in [2.24, 2.45) is 5.92 Å². The van der Waals surface area contributed by atoms with Gasteiger partial charge in [0.25, 0.3) is 0 Å². The van der Waals surface area contributed by atoms with Crippen molar-refractivity contribution in [2.45, 2.75) is 26.7 Å². The molecule has 0 saturated carbocycles. The fourth-order valence-corrected chi connectivity index (χ4v) is 1.86. The van der Waals surface area contributed by atoms with Crippen LogP contribution in [-0.4, -0.2) is 17.7 Å². The second kappa shape index (κ2) is 6.64. The molecule has 1 aromatic rings. The van der Waals surface area contributed by atoms with Crippen LogP contribution in [0.15, 0.2) is 22.7 Å². The molecule has 1 rings (SSSR count). The van der Waals surface area contributed by atoms with Gasteiger partial charge >= 0.3 is 5.97 Å². The average molecular weight is 301 g/mol. The zero-order valence-corrected chi connectivity index (χ0v) is 11.7. The molecule has 1 N–H and O–H groups in total. The molecule has 0 saturated heterocycles. The molecule has 0 spiro atoms. The number of rotatable bonds is 6. The van der Waals surface area contributed by atoms with Gasteiger partial charge in [-0.05, 0) is 24.1 Å². The molecule has 3 nitrogen and oxygen atoms in total. The minimum Gasteiger partial charge on any atom is -0.492 e. The average Bonchev–Trinajstić information content (AvgIpc) is 2.30. The summed E-state index contributed by atoms with van der Waals surface area (Å²) in [6, 6.07) is 4.95. The van der Waals surface area contributed by atoms with E-state index in [1.54, 1.807) is 18.2 Å². The summed E-state index contributed by atoms with van der Waals surface area (Å²) < 4.78 is 6.43. The minimum atomic E-state index is -0.961. The van der Waals surface area contributed by atoms with Gasteiger partial charge in [0, 0.05) is 4.47 Å². The Hall–Kier alpha value is -1.03. The van der Waals surface area contributed by atoms with E-state index in [1.165, 1.54) is 0 Å². The lowest BCUT2D eigenvalue weighted by Crippen LogP contribution is -2.12. The van der Waals surface area contributed by atoms with Crippen LogP contribution >= 0.6 is 15.9 Å². The topological polar surface area (TPSA) is 46.5 Å². The van der Waals surface area contributed by atoms with Gasteiger partial charge in [0.15, 0.2) is 0 Å². The van der Waals surface area contributed by atoms with Gasteiger partial charge < -0.3 is 9.84 Å². The van der Waals surface area contributed by atoms with E-state index in [9.17, 15) is 4.79 Å². The fourth-order valence-electron chi connectivity index (χ4n) is 1.52. The van der Waals surface area contributed by atoms with Gasteiger partial charge in [0.05, 0.1) is 6.61 Å². The first-order chi connectivity index (χ1) is 8.08. The highest BCUT2D eigenvalue weighted by atomic mass is 79.9. The number of halogens is 1. The van der Waals surface area contributed by atoms with Crippen molar-refractivity contribution < 1.29 is 14.6 Å². The Labute approximate surface area is 110 Å². The zero-order valence-electron chi connectivity index (χ0n) is 10.1. The largest absolute Gasteiger partial charge is 0.492 e. The van der Waals surface area contributed by atoms with Crippen molar-refractivity contribution >= 4 is 21.9 Å². The number of carbonyl (C=O) groups is 1. The van der Waals surface area contributed by atoms with Crippen LogP contribution in [0.5, 0.6) is 5.75 Å². The molecule has 0 atom stereocenters.